The van der Waals surface area contributed by atoms with Gasteiger partial charge in [-0.05, 0) is 6.07 Å². The molecular formula is C7H5N3O2. The van der Waals surface area contributed by atoms with Gasteiger partial charge in [-0.15, -0.1) is 0 Å². The fourth-order valence-corrected chi connectivity index (χ4v) is 0.958. The lowest BCUT2D eigenvalue weighted by Gasteiger charge is -2.00. The number of carbonyl (C=O) groups is 1. The fourth-order valence-electron chi connectivity index (χ4n) is 0.958. The van der Waals surface area contributed by atoms with Crippen molar-refractivity contribution < 1.29 is 9.90 Å². The molecule has 0 aliphatic carbocycles. The molecule has 60 valence electrons. The van der Waals surface area contributed by atoms with Crippen LogP contribution in [0.5, 0.6) is 0 Å². The summed E-state index contributed by atoms with van der Waals surface area (Å²) in [4.78, 5) is 18.2. The molecule has 2 aliphatic rings. The van der Waals surface area contributed by atoms with E-state index >= 15 is 0 Å². The van der Waals surface area contributed by atoms with Crippen molar-refractivity contribution in [1.82, 2.24) is 14.5 Å². The third-order valence-corrected chi connectivity index (χ3v) is 1.53. The first kappa shape index (κ1) is 6.78. The molecule has 1 N–H and O–H groups in total. The summed E-state index contributed by atoms with van der Waals surface area (Å²) in [6.45, 7) is 0. The van der Waals surface area contributed by atoms with Crippen LogP contribution < -0.4 is 0 Å². The Kier molecular flexibility index (Phi) is 1.30. The number of nitrogens with zero attached hydrogens (tertiary/aromatic N) is 3. The number of carboxylic acid groups (broad SMARTS) is 1. The van der Waals surface area contributed by atoms with Crippen molar-refractivity contribution >= 4 is 6.09 Å². The molecule has 0 atom stereocenters. The minimum absolute atomic E-state index is 0.583. The summed E-state index contributed by atoms with van der Waals surface area (Å²) in [5.41, 5.74) is 1.28. The second-order valence-electron chi connectivity index (χ2n) is 2.28. The van der Waals surface area contributed by atoms with E-state index in [1.165, 1.54) is 18.7 Å². The Morgan fingerprint density at radius 3 is 2.92 bits per heavy atom. The molecule has 2 aliphatic heterocycles. The maximum absolute atomic E-state index is 10.5. The molecular weight excluding hydrogens is 158 g/mol. The molecule has 0 aromatic heterocycles. The second kappa shape index (κ2) is 2.30. The third kappa shape index (κ3) is 0.914. The topological polar surface area (TPSA) is 68.0 Å². The lowest BCUT2D eigenvalue weighted by Crippen LogP contribution is -2.07. The van der Waals surface area contributed by atoms with E-state index in [1.54, 1.807) is 6.07 Å². The number of hydrogen-bond donors (Lipinski definition) is 1. The van der Waals surface area contributed by atoms with Crippen LogP contribution >= 0.6 is 0 Å². The van der Waals surface area contributed by atoms with Gasteiger partial charge in [0.25, 0.3) is 0 Å². The molecule has 0 radical (unpaired) electrons. The first-order valence-corrected chi connectivity index (χ1v) is 3.29. The van der Waals surface area contributed by atoms with Crippen LogP contribution in [0.15, 0.2) is 24.8 Å². The van der Waals surface area contributed by atoms with Gasteiger partial charge in [-0.2, -0.15) is 0 Å². The van der Waals surface area contributed by atoms with Gasteiger partial charge in [0, 0.05) is 12.4 Å². The van der Waals surface area contributed by atoms with Crippen LogP contribution in [0, 0.1) is 0 Å². The zero-order valence-corrected chi connectivity index (χ0v) is 6.01. The van der Waals surface area contributed by atoms with Crippen LogP contribution in [0.25, 0.3) is 11.4 Å². The molecule has 0 amide bonds. The zero-order valence-electron chi connectivity index (χ0n) is 6.01. The van der Waals surface area contributed by atoms with Crippen molar-refractivity contribution in [1.29, 1.82) is 0 Å². The van der Waals surface area contributed by atoms with Crippen LogP contribution in [0.1, 0.15) is 0 Å². The number of fused-ring (bicyclic) bond motifs is 1. The van der Waals surface area contributed by atoms with Gasteiger partial charge in [0.15, 0.2) is 0 Å². The van der Waals surface area contributed by atoms with Crippen molar-refractivity contribution in [3.8, 4) is 11.4 Å². The highest BCUT2D eigenvalue weighted by Crippen LogP contribution is 2.14. The molecule has 2 rings (SSSR count). The first-order chi connectivity index (χ1) is 5.77. The molecule has 0 spiro atoms. The lowest BCUT2D eigenvalue weighted by atomic mass is 10.3. The van der Waals surface area contributed by atoms with Crippen molar-refractivity contribution in [2.24, 2.45) is 0 Å². The van der Waals surface area contributed by atoms with E-state index < -0.39 is 6.09 Å². The van der Waals surface area contributed by atoms with Crippen molar-refractivity contribution in [2.75, 3.05) is 0 Å². The van der Waals surface area contributed by atoms with E-state index in [0.717, 1.165) is 4.57 Å². The predicted molar refractivity (Wildman–Crippen MR) is 40.1 cm³/mol. The number of hydrogen-bond acceptors (Lipinski definition) is 3. The lowest BCUT2D eigenvalue weighted by molar-refractivity contribution is 0.196. The summed E-state index contributed by atoms with van der Waals surface area (Å²) >= 11 is 0. The minimum Gasteiger partial charge on any atom is -0.464 e. The standard InChI is InChI=1S/C7H5N3O2/c11-7(12)10-2-1-5-6(3-10)9-4-8-5/h1-4H,(H,11,12). The van der Waals surface area contributed by atoms with Crippen LogP contribution in [-0.2, 0) is 0 Å². The molecule has 0 saturated heterocycles. The monoisotopic (exact) mass is 163 g/mol. The van der Waals surface area contributed by atoms with Gasteiger partial charge in [0.1, 0.15) is 12.0 Å². The van der Waals surface area contributed by atoms with Crippen molar-refractivity contribution in [3.63, 3.8) is 0 Å². The van der Waals surface area contributed by atoms with Crippen molar-refractivity contribution in [3.05, 3.63) is 24.8 Å². The normalized spacial score (nSPS) is 10.3. The Morgan fingerprint density at radius 2 is 2.17 bits per heavy atom. The number of aromatic nitrogens is 3. The van der Waals surface area contributed by atoms with Crippen LogP contribution in [0.4, 0.5) is 4.79 Å². The smallest absolute Gasteiger partial charge is 0.415 e. The average Bonchev–Trinajstić information content (AvgIpc) is 2.49. The van der Waals surface area contributed by atoms with E-state index in [4.69, 9.17) is 5.11 Å². The summed E-state index contributed by atoms with van der Waals surface area (Å²) in [6, 6.07) is 1.61. The third-order valence-electron chi connectivity index (χ3n) is 1.53. The zero-order chi connectivity index (χ0) is 8.55. The van der Waals surface area contributed by atoms with Crippen molar-refractivity contribution in [2.45, 2.75) is 0 Å². The Bertz CT molecular complexity index is 396. The van der Waals surface area contributed by atoms with Crippen LogP contribution in [0.2, 0.25) is 0 Å². The largest absolute Gasteiger partial charge is 0.464 e. The molecule has 0 bridgehead atoms. The first-order valence-electron chi connectivity index (χ1n) is 3.29. The predicted octanol–water partition coefficient (Wildman–Crippen LogP) is 0.909. The SMILES string of the molecule is O=C(O)n1ccc2ncnc-2c1. The Morgan fingerprint density at radius 1 is 1.42 bits per heavy atom. The van der Waals surface area contributed by atoms with Gasteiger partial charge in [-0.3, -0.25) is 4.57 Å². The van der Waals surface area contributed by atoms with Crippen LogP contribution in [0.3, 0.4) is 0 Å². The van der Waals surface area contributed by atoms with Gasteiger partial charge >= 0.3 is 6.09 Å². The maximum atomic E-state index is 10.5. The maximum Gasteiger partial charge on any atom is 0.415 e. The average molecular weight is 163 g/mol. The highest BCUT2D eigenvalue weighted by Gasteiger charge is 2.07. The molecule has 0 aromatic rings. The summed E-state index contributed by atoms with van der Waals surface area (Å²) in [5, 5.41) is 8.60. The second-order valence-corrected chi connectivity index (χ2v) is 2.28. The fraction of sp³-hybridized carbons (Fsp3) is 0. The van der Waals surface area contributed by atoms with E-state index in [9.17, 15) is 4.79 Å². The van der Waals surface area contributed by atoms with Gasteiger partial charge in [-0.1, -0.05) is 0 Å². The Balaban J connectivity index is 2.62. The molecule has 12 heavy (non-hydrogen) atoms. The van der Waals surface area contributed by atoms with E-state index in [-0.39, 0.29) is 0 Å². The minimum atomic E-state index is -1.03. The van der Waals surface area contributed by atoms with E-state index in [2.05, 4.69) is 9.97 Å². The quantitative estimate of drug-likeness (QED) is 0.626. The number of pyridine rings is 1. The van der Waals surface area contributed by atoms with Gasteiger partial charge < -0.3 is 5.11 Å². The van der Waals surface area contributed by atoms with E-state index in [1.807, 2.05) is 0 Å². The number of imidazole rings is 1. The van der Waals surface area contributed by atoms with Gasteiger partial charge in [0.2, 0.25) is 0 Å². The van der Waals surface area contributed by atoms with Crippen LogP contribution in [-0.4, -0.2) is 25.7 Å². The highest BCUT2D eigenvalue weighted by atomic mass is 16.4. The summed E-state index contributed by atoms with van der Waals surface area (Å²) < 4.78 is 1.04. The summed E-state index contributed by atoms with van der Waals surface area (Å²) in [7, 11) is 0. The molecule has 2 heterocycles. The Hall–Kier alpha value is -1.91. The number of rotatable bonds is 0. The molecule has 5 heteroatoms. The summed E-state index contributed by atoms with van der Waals surface area (Å²) in [5.74, 6) is 0. The molecule has 0 saturated carbocycles. The van der Waals surface area contributed by atoms with Gasteiger partial charge in [-0.25, -0.2) is 14.8 Å². The molecule has 0 fully saturated rings. The highest BCUT2D eigenvalue weighted by molar-refractivity contribution is 5.70. The van der Waals surface area contributed by atoms with Gasteiger partial charge in [0.05, 0.1) is 5.69 Å². The molecule has 0 unspecified atom stereocenters. The molecule has 5 nitrogen and oxygen atoms in total. The summed E-state index contributed by atoms with van der Waals surface area (Å²) in [6.07, 6.45) is 3.22. The van der Waals surface area contributed by atoms with E-state index in [0.29, 0.717) is 11.4 Å². The molecule has 0 aromatic carbocycles. The Labute approximate surface area is 67.6 Å².